The first kappa shape index (κ1) is 19.8. The van der Waals surface area contributed by atoms with Crippen LogP contribution in [0.25, 0.3) is 0 Å². The quantitative estimate of drug-likeness (QED) is 0.361. The molecular weight excluding hydrogens is 446 g/mol. The van der Waals surface area contributed by atoms with E-state index < -0.39 is 39.0 Å². The van der Waals surface area contributed by atoms with Crippen LogP contribution in [0.4, 0.5) is 39.5 Å². The standard InChI is InChI=1S/C11H10F9IO/c12-7(5-6(21)3-1-2-4-22)8(13,14)10(17,18)11(19,20)9(7,15)16/h5,22H,1-4H2. The van der Waals surface area contributed by atoms with Crippen LogP contribution in [-0.2, 0) is 0 Å². The van der Waals surface area contributed by atoms with Crippen LogP contribution in [0, 0.1) is 0 Å². The summed E-state index contributed by atoms with van der Waals surface area (Å²) >= 11 is 1.12. The van der Waals surface area contributed by atoms with Gasteiger partial charge in [0.2, 0.25) is 0 Å². The molecule has 1 rings (SSSR count). The molecule has 0 aromatic rings. The molecule has 130 valence electrons. The molecule has 0 bridgehead atoms. The molecule has 0 unspecified atom stereocenters. The number of aliphatic hydroxyl groups excluding tert-OH is 1. The van der Waals surface area contributed by atoms with Gasteiger partial charge in [0.15, 0.2) is 0 Å². The molecule has 0 aliphatic heterocycles. The molecule has 1 aliphatic rings. The van der Waals surface area contributed by atoms with Gasteiger partial charge in [-0.3, -0.25) is 0 Å². The lowest BCUT2D eigenvalue weighted by molar-refractivity contribution is -0.303. The molecule has 0 radical (unpaired) electrons. The fourth-order valence-corrected chi connectivity index (χ4v) is 2.73. The van der Waals surface area contributed by atoms with Crippen molar-refractivity contribution in [1.29, 1.82) is 0 Å². The van der Waals surface area contributed by atoms with E-state index in [9.17, 15) is 39.5 Å². The maximum Gasteiger partial charge on any atom is 0.382 e. The second-order valence-corrected chi connectivity index (χ2v) is 6.17. The van der Waals surface area contributed by atoms with Crippen LogP contribution in [0.15, 0.2) is 9.66 Å². The van der Waals surface area contributed by atoms with Gasteiger partial charge in [-0.1, -0.05) is 0 Å². The summed E-state index contributed by atoms with van der Waals surface area (Å²) in [4.78, 5) is 0. The normalized spacial score (nSPS) is 27.9. The zero-order valence-electron chi connectivity index (χ0n) is 10.6. The van der Waals surface area contributed by atoms with Crippen molar-refractivity contribution >= 4 is 22.6 Å². The molecule has 0 amide bonds. The Kier molecular flexibility index (Phi) is 5.15. The van der Waals surface area contributed by atoms with Gasteiger partial charge >= 0.3 is 23.7 Å². The highest BCUT2D eigenvalue weighted by molar-refractivity contribution is 14.1. The molecule has 0 spiro atoms. The van der Waals surface area contributed by atoms with Crippen molar-refractivity contribution in [3.63, 3.8) is 0 Å². The summed E-state index contributed by atoms with van der Waals surface area (Å²) in [6.45, 7) is -0.326. The monoisotopic (exact) mass is 456 g/mol. The lowest BCUT2D eigenvalue weighted by atomic mass is 9.96. The largest absolute Gasteiger partial charge is 0.396 e. The van der Waals surface area contributed by atoms with Gasteiger partial charge < -0.3 is 5.11 Å². The summed E-state index contributed by atoms with van der Waals surface area (Å²) in [6.07, 6.45) is -0.722. The molecule has 0 atom stereocenters. The van der Waals surface area contributed by atoms with Crippen LogP contribution in [0.3, 0.4) is 0 Å². The molecule has 1 N–H and O–H groups in total. The minimum atomic E-state index is -6.54. The van der Waals surface area contributed by atoms with Crippen molar-refractivity contribution in [2.24, 2.45) is 0 Å². The number of hydrogen-bond donors (Lipinski definition) is 1. The zero-order chi connectivity index (χ0) is 17.6. The van der Waals surface area contributed by atoms with Gasteiger partial charge in [-0.05, 0) is 51.5 Å². The van der Waals surface area contributed by atoms with Gasteiger partial charge in [0.1, 0.15) is 0 Å². The second kappa shape index (κ2) is 5.71. The summed E-state index contributed by atoms with van der Waals surface area (Å²) in [5.41, 5.74) is -5.53. The lowest BCUT2D eigenvalue weighted by Crippen LogP contribution is -2.53. The maximum absolute atomic E-state index is 14.0. The maximum atomic E-state index is 14.0. The summed E-state index contributed by atoms with van der Waals surface area (Å²) < 4.78 is 119. The van der Waals surface area contributed by atoms with Gasteiger partial charge in [-0.2, -0.15) is 35.1 Å². The first-order valence-electron chi connectivity index (χ1n) is 5.89. The molecule has 11 heteroatoms. The van der Waals surface area contributed by atoms with Gasteiger partial charge in [0, 0.05) is 6.61 Å². The Morgan fingerprint density at radius 2 is 1.18 bits per heavy atom. The highest BCUT2D eigenvalue weighted by atomic mass is 127. The first-order chi connectivity index (χ1) is 9.70. The van der Waals surface area contributed by atoms with E-state index in [0.29, 0.717) is 0 Å². The number of allylic oxidation sites excluding steroid dienone is 2. The predicted octanol–water partition coefficient (Wildman–Crippen LogP) is 4.73. The van der Waals surface area contributed by atoms with Gasteiger partial charge in [0.05, 0.1) is 0 Å². The molecule has 1 aliphatic carbocycles. The number of aliphatic hydroxyl groups is 1. The van der Waals surface area contributed by atoms with Crippen molar-refractivity contribution in [2.45, 2.75) is 48.6 Å². The Balaban J connectivity index is 3.33. The minimum absolute atomic E-state index is 0.0469. The van der Waals surface area contributed by atoms with Crippen LogP contribution in [0.2, 0.25) is 0 Å². The third-order valence-electron chi connectivity index (χ3n) is 3.28. The van der Waals surface area contributed by atoms with Crippen molar-refractivity contribution in [1.82, 2.24) is 0 Å². The van der Waals surface area contributed by atoms with E-state index >= 15 is 0 Å². The fraction of sp³-hybridized carbons (Fsp3) is 0.818. The second-order valence-electron chi connectivity index (χ2n) is 4.78. The zero-order valence-corrected chi connectivity index (χ0v) is 12.8. The molecule has 0 aromatic heterocycles. The number of unbranched alkanes of at least 4 members (excludes halogenated alkanes) is 1. The lowest BCUT2D eigenvalue weighted by Gasteiger charge is -2.28. The Morgan fingerprint density at radius 1 is 0.773 bits per heavy atom. The van der Waals surface area contributed by atoms with E-state index in [1.165, 1.54) is 0 Å². The Morgan fingerprint density at radius 3 is 1.55 bits per heavy atom. The summed E-state index contributed by atoms with van der Waals surface area (Å²) in [5, 5.41) is 8.48. The number of rotatable bonds is 5. The van der Waals surface area contributed by atoms with Gasteiger partial charge in [0.25, 0.3) is 5.67 Å². The van der Waals surface area contributed by atoms with E-state index in [4.69, 9.17) is 5.11 Å². The number of halogens is 10. The van der Waals surface area contributed by atoms with Gasteiger partial charge in [-0.25, -0.2) is 4.39 Å². The molecular formula is C11H10F9IO. The number of hydrogen-bond acceptors (Lipinski definition) is 1. The molecule has 1 saturated carbocycles. The van der Waals surface area contributed by atoms with Crippen LogP contribution < -0.4 is 0 Å². The van der Waals surface area contributed by atoms with E-state index in [-0.39, 0.29) is 25.9 Å². The Bertz CT molecular complexity index is 434. The van der Waals surface area contributed by atoms with E-state index in [1.54, 1.807) is 0 Å². The Hall–Kier alpha value is -0.200. The van der Waals surface area contributed by atoms with Crippen LogP contribution in [0.5, 0.6) is 0 Å². The highest BCUT2D eigenvalue weighted by Crippen LogP contribution is 2.69. The van der Waals surface area contributed by atoms with E-state index in [2.05, 4.69) is 0 Å². The molecule has 1 fully saturated rings. The number of alkyl halides is 9. The smallest absolute Gasteiger partial charge is 0.382 e. The van der Waals surface area contributed by atoms with Crippen molar-refractivity contribution in [2.75, 3.05) is 6.61 Å². The van der Waals surface area contributed by atoms with Gasteiger partial charge in [-0.15, -0.1) is 0 Å². The minimum Gasteiger partial charge on any atom is -0.396 e. The van der Waals surface area contributed by atoms with Crippen molar-refractivity contribution in [3.8, 4) is 0 Å². The third-order valence-corrected chi connectivity index (χ3v) is 4.13. The third kappa shape index (κ3) is 2.33. The summed E-state index contributed by atoms with van der Waals surface area (Å²) in [6, 6.07) is 0. The average molecular weight is 456 g/mol. The van der Waals surface area contributed by atoms with Crippen LogP contribution in [0.1, 0.15) is 19.3 Å². The fourth-order valence-electron chi connectivity index (χ4n) is 1.92. The summed E-state index contributed by atoms with van der Waals surface area (Å²) in [7, 11) is 0. The molecule has 0 aromatic carbocycles. The molecule has 22 heavy (non-hydrogen) atoms. The van der Waals surface area contributed by atoms with Crippen LogP contribution >= 0.6 is 22.6 Å². The first-order valence-corrected chi connectivity index (χ1v) is 6.97. The average Bonchev–Trinajstić information content (AvgIpc) is 2.41. The molecule has 0 heterocycles. The Labute approximate surface area is 132 Å². The van der Waals surface area contributed by atoms with E-state index in [1.807, 2.05) is 0 Å². The SMILES string of the molecule is OCCCCC(I)=CC1(F)C(F)(F)C(F)(F)C(F)(F)C1(F)F. The highest BCUT2D eigenvalue weighted by Gasteiger charge is 3.00. The van der Waals surface area contributed by atoms with E-state index in [0.717, 1.165) is 22.6 Å². The summed E-state index contributed by atoms with van der Waals surface area (Å²) in [5.74, 6) is -25.7. The van der Waals surface area contributed by atoms with Crippen LogP contribution in [-0.4, -0.2) is 41.1 Å². The van der Waals surface area contributed by atoms with Crippen molar-refractivity contribution in [3.05, 3.63) is 9.66 Å². The predicted molar refractivity (Wildman–Crippen MR) is 66.7 cm³/mol. The van der Waals surface area contributed by atoms with Crippen molar-refractivity contribution < 1.29 is 44.6 Å². The topological polar surface area (TPSA) is 20.2 Å². The molecule has 1 nitrogen and oxygen atoms in total. The molecule has 0 saturated heterocycles.